The van der Waals surface area contributed by atoms with Gasteiger partial charge in [0.05, 0.1) is 23.5 Å². The van der Waals surface area contributed by atoms with Gasteiger partial charge in [0.2, 0.25) is 0 Å². The summed E-state index contributed by atoms with van der Waals surface area (Å²) >= 11 is 0. The summed E-state index contributed by atoms with van der Waals surface area (Å²) in [6, 6.07) is 10.6. The number of fused-ring (bicyclic) bond motifs is 1. The molecular formula is C23H26FN5O. The molecule has 0 saturated carbocycles. The Kier molecular flexibility index (Phi) is 5.30. The van der Waals surface area contributed by atoms with Crippen molar-refractivity contribution in [2.24, 2.45) is 19.8 Å². The molecule has 4 rings (SSSR count). The average Bonchev–Trinajstić information content (AvgIpc) is 3.18. The molecule has 0 amide bonds. The Morgan fingerprint density at radius 2 is 1.83 bits per heavy atom. The summed E-state index contributed by atoms with van der Waals surface area (Å²) in [6.45, 7) is 4.88. The minimum Gasteiger partial charge on any atom is -0.493 e. The van der Waals surface area contributed by atoms with Crippen LogP contribution in [0.15, 0.2) is 36.4 Å². The molecule has 0 unspecified atom stereocenters. The van der Waals surface area contributed by atoms with Gasteiger partial charge in [0.15, 0.2) is 0 Å². The molecular weight excluding hydrogens is 381 g/mol. The Bertz CT molecular complexity index is 1220. The summed E-state index contributed by atoms with van der Waals surface area (Å²) in [6.07, 6.45) is 0.737. The molecule has 0 radical (unpaired) electrons. The van der Waals surface area contributed by atoms with Gasteiger partial charge in [-0.3, -0.25) is 9.36 Å². The van der Waals surface area contributed by atoms with Crippen LogP contribution in [-0.4, -0.2) is 26.2 Å². The van der Waals surface area contributed by atoms with Crippen molar-refractivity contribution in [3.63, 3.8) is 0 Å². The van der Waals surface area contributed by atoms with E-state index in [1.807, 2.05) is 48.6 Å². The summed E-state index contributed by atoms with van der Waals surface area (Å²) in [5, 5.41) is 9.88. The third-order valence-electron chi connectivity index (χ3n) is 5.64. The highest BCUT2D eigenvalue weighted by Crippen LogP contribution is 2.33. The summed E-state index contributed by atoms with van der Waals surface area (Å²) in [5.41, 5.74) is 12.6. The van der Waals surface area contributed by atoms with Gasteiger partial charge in [-0.25, -0.2) is 4.39 Å². The van der Waals surface area contributed by atoms with Crippen molar-refractivity contribution >= 4 is 10.9 Å². The van der Waals surface area contributed by atoms with Crippen LogP contribution < -0.4 is 10.5 Å². The summed E-state index contributed by atoms with van der Waals surface area (Å²) in [5.74, 6) is 0.342. The standard InChI is InChI=1S/C23H26FN5O/c1-14-18(15(2)28(3)26-14)9-10-30-23-8-6-17(24)12-19(23)16-5-7-22-20(11-16)21(13-25)27-29(22)4/h5-8,11-12H,9-10,13,25H2,1-4H3. The molecule has 0 bridgehead atoms. The molecule has 30 heavy (non-hydrogen) atoms. The van der Waals surface area contributed by atoms with Gasteiger partial charge < -0.3 is 10.5 Å². The smallest absolute Gasteiger partial charge is 0.127 e. The molecule has 0 aliphatic carbocycles. The molecule has 0 aliphatic heterocycles. The van der Waals surface area contributed by atoms with Crippen LogP contribution >= 0.6 is 0 Å². The molecule has 0 atom stereocenters. The number of hydrogen-bond donors (Lipinski definition) is 1. The summed E-state index contributed by atoms with van der Waals surface area (Å²) in [7, 11) is 3.83. The van der Waals surface area contributed by atoms with Gasteiger partial charge in [0.1, 0.15) is 11.6 Å². The molecule has 156 valence electrons. The number of benzene rings is 2. The first kappa shape index (κ1) is 20.1. The zero-order chi connectivity index (χ0) is 21.4. The largest absolute Gasteiger partial charge is 0.493 e. The first-order valence-corrected chi connectivity index (χ1v) is 9.96. The van der Waals surface area contributed by atoms with Crippen LogP contribution in [-0.2, 0) is 27.1 Å². The fraction of sp³-hybridized carbons (Fsp3) is 0.304. The molecule has 2 aromatic heterocycles. The average molecular weight is 407 g/mol. The number of nitrogens with zero attached hydrogens (tertiary/aromatic N) is 4. The first-order valence-electron chi connectivity index (χ1n) is 9.96. The summed E-state index contributed by atoms with van der Waals surface area (Å²) < 4.78 is 23.9. The third kappa shape index (κ3) is 3.57. The molecule has 0 saturated heterocycles. The number of aryl methyl sites for hydroxylation is 3. The predicted octanol–water partition coefficient (Wildman–Crippen LogP) is 3.81. The van der Waals surface area contributed by atoms with E-state index in [0.717, 1.165) is 40.0 Å². The van der Waals surface area contributed by atoms with Crippen molar-refractivity contribution in [1.29, 1.82) is 0 Å². The van der Waals surface area contributed by atoms with E-state index in [9.17, 15) is 4.39 Å². The van der Waals surface area contributed by atoms with Crippen LogP contribution in [0.25, 0.3) is 22.0 Å². The second kappa shape index (κ2) is 7.91. The second-order valence-corrected chi connectivity index (χ2v) is 7.52. The Balaban J connectivity index is 1.64. The van der Waals surface area contributed by atoms with E-state index >= 15 is 0 Å². The molecule has 2 aromatic carbocycles. The van der Waals surface area contributed by atoms with Gasteiger partial charge in [0.25, 0.3) is 0 Å². The number of halogens is 1. The van der Waals surface area contributed by atoms with Gasteiger partial charge in [-0.05, 0) is 55.3 Å². The van der Waals surface area contributed by atoms with Crippen LogP contribution in [0.3, 0.4) is 0 Å². The lowest BCUT2D eigenvalue weighted by Crippen LogP contribution is -2.04. The quantitative estimate of drug-likeness (QED) is 0.528. The summed E-state index contributed by atoms with van der Waals surface area (Å²) in [4.78, 5) is 0. The van der Waals surface area contributed by atoms with E-state index in [4.69, 9.17) is 10.5 Å². The monoisotopic (exact) mass is 407 g/mol. The van der Waals surface area contributed by atoms with Crippen molar-refractivity contribution in [2.45, 2.75) is 26.8 Å². The lowest BCUT2D eigenvalue weighted by atomic mass is 10.0. The van der Waals surface area contributed by atoms with Crippen molar-refractivity contribution in [3.8, 4) is 16.9 Å². The molecule has 2 N–H and O–H groups in total. The Morgan fingerprint density at radius 3 is 2.53 bits per heavy atom. The lowest BCUT2D eigenvalue weighted by molar-refractivity contribution is 0.322. The van der Waals surface area contributed by atoms with Crippen molar-refractivity contribution in [2.75, 3.05) is 6.61 Å². The van der Waals surface area contributed by atoms with Gasteiger partial charge in [0, 0.05) is 43.7 Å². The number of rotatable bonds is 6. The van der Waals surface area contributed by atoms with Crippen molar-refractivity contribution < 1.29 is 9.13 Å². The molecule has 2 heterocycles. The Morgan fingerprint density at radius 1 is 1.03 bits per heavy atom. The second-order valence-electron chi connectivity index (χ2n) is 7.52. The van der Waals surface area contributed by atoms with E-state index in [1.165, 1.54) is 17.7 Å². The Hall–Kier alpha value is -3.19. The molecule has 7 heteroatoms. The van der Waals surface area contributed by atoms with E-state index in [2.05, 4.69) is 17.1 Å². The highest BCUT2D eigenvalue weighted by Gasteiger charge is 2.14. The zero-order valence-electron chi connectivity index (χ0n) is 17.7. The molecule has 6 nitrogen and oxygen atoms in total. The van der Waals surface area contributed by atoms with Gasteiger partial charge in [-0.15, -0.1) is 0 Å². The number of hydrogen-bond acceptors (Lipinski definition) is 4. The normalized spacial score (nSPS) is 11.4. The van der Waals surface area contributed by atoms with E-state index < -0.39 is 0 Å². The molecule has 4 aromatic rings. The van der Waals surface area contributed by atoms with E-state index in [0.29, 0.717) is 24.5 Å². The predicted molar refractivity (Wildman–Crippen MR) is 116 cm³/mol. The fourth-order valence-corrected chi connectivity index (χ4v) is 3.95. The van der Waals surface area contributed by atoms with Crippen LogP contribution in [0.5, 0.6) is 5.75 Å². The van der Waals surface area contributed by atoms with Crippen LogP contribution in [0.4, 0.5) is 4.39 Å². The van der Waals surface area contributed by atoms with Crippen LogP contribution in [0.2, 0.25) is 0 Å². The van der Waals surface area contributed by atoms with Crippen molar-refractivity contribution in [3.05, 3.63) is 64.9 Å². The fourth-order valence-electron chi connectivity index (χ4n) is 3.95. The molecule has 0 fully saturated rings. The van der Waals surface area contributed by atoms with E-state index in [1.54, 1.807) is 6.07 Å². The number of aromatic nitrogens is 4. The van der Waals surface area contributed by atoms with Gasteiger partial charge in [-0.2, -0.15) is 10.2 Å². The number of nitrogens with two attached hydrogens (primary N) is 1. The highest BCUT2D eigenvalue weighted by molar-refractivity contribution is 5.88. The first-order chi connectivity index (χ1) is 14.4. The van der Waals surface area contributed by atoms with Gasteiger partial charge >= 0.3 is 0 Å². The van der Waals surface area contributed by atoms with Crippen LogP contribution in [0, 0.1) is 19.7 Å². The maximum atomic E-state index is 14.1. The number of ether oxygens (including phenoxy) is 1. The van der Waals surface area contributed by atoms with Crippen LogP contribution in [0.1, 0.15) is 22.6 Å². The topological polar surface area (TPSA) is 70.9 Å². The molecule has 0 aliphatic rings. The van der Waals surface area contributed by atoms with Crippen molar-refractivity contribution in [1.82, 2.24) is 19.6 Å². The zero-order valence-corrected chi connectivity index (χ0v) is 17.7. The maximum Gasteiger partial charge on any atom is 0.127 e. The SMILES string of the molecule is Cc1nn(C)c(C)c1CCOc1ccc(F)cc1-c1ccc2c(c1)c(CN)nn2C. The van der Waals surface area contributed by atoms with Gasteiger partial charge in [-0.1, -0.05) is 6.07 Å². The lowest BCUT2D eigenvalue weighted by Gasteiger charge is -2.13. The van der Waals surface area contributed by atoms with E-state index in [-0.39, 0.29) is 5.82 Å². The minimum absolute atomic E-state index is 0.304. The maximum absolute atomic E-state index is 14.1. The highest BCUT2D eigenvalue weighted by atomic mass is 19.1. The minimum atomic E-state index is -0.304. The third-order valence-corrected chi connectivity index (χ3v) is 5.64. The Labute approximate surface area is 175 Å². The molecule has 0 spiro atoms.